The van der Waals surface area contributed by atoms with E-state index in [2.05, 4.69) is 15.5 Å². The summed E-state index contributed by atoms with van der Waals surface area (Å²) in [6.45, 7) is 5.00. The Kier molecular flexibility index (Phi) is 5.71. The first-order valence-electron chi connectivity index (χ1n) is 9.31. The lowest BCUT2D eigenvalue weighted by Crippen LogP contribution is -2.28. The molecule has 1 atom stereocenters. The summed E-state index contributed by atoms with van der Waals surface area (Å²) in [4.78, 5) is 12.3. The fourth-order valence-corrected chi connectivity index (χ4v) is 3.59. The van der Waals surface area contributed by atoms with Crippen molar-refractivity contribution in [2.45, 2.75) is 25.1 Å². The molecular formula is C21H21N3O4S. The van der Waals surface area contributed by atoms with Gasteiger partial charge in [-0.3, -0.25) is 4.79 Å². The number of hydrogen-bond donors (Lipinski definition) is 1. The summed E-state index contributed by atoms with van der Waals surface area (Å²) >= 11 is 1.21. The van der Waals surface area contributed by atoms with Crippen molar-refractivity contribution in [1.29, 1.82) is 0 Å². The molecule has 3 aromatic rings. The molecule has 7 nitrogen and oxygen atoms in total. The number of aryl methyl sites for hydroxylation is 1. The molecule has 0 saturated carbocycles. The second-order valence-corrected chi connectivity index (χ2v) is 7.60. The Balaban J connectivity index is 1.33. The molecule has 1 amide bonds. The van der Waals surface area contributed by atoms with Crippen LogP contribution in [0.4, 0.5) is 0 Å². The smallest absolute Gasteiger partial charge is 0.277 e. The maximum Gasteiger partial charge on any atom is 0.277 e. The van der Waals surface area contributed by atoms with Gasteiger partial charge in [-0.05, 0) is 43.2 Å². The van der Waals surface area contributed by atoms with E-state index in [4.69, 9.17) is 13.9 Å². The summed E-state index contributed by atoms with van der Waals surface area (Å²) in [7, 11) is 0. The number of carbonyl (C=O) groups excluding carboxylic acids is 1. The number of rotatable bonds is 6. The topological polar surface area (TPSA) is 86.5 Å². The van der Waals surface area contributed by atoms with Crippen LogP contribution in [0.25, 0.3) is 11.5 Å². The van der Waals surface area contributed by atoms with Gasteiger partial charge in [-0.2, -0.15) is 0 Å². The van der Waals surface area contributed by atoms with Crippen LogP contribution in [-0.4, -0.2) is 35.1 Å². The zero-order chi connectivity index (χ0) is 20.2. The Morgan fingerprint density at radius 3 is 2.76 bits per heavy atom. The highest BCUT2D eigenvalue weighted by molar-refractivity contribution is 7.99. The zero-order valence-corrected chi connectivity index (χ0v) is 17.0. The van der Waals surface area contributed by atoms with Crippen molar-refractivity contribution in [3.05, 3.63) is 53.6 Å². The number of nitrogens with one attached hydrogen (secondary N) is 1. The minimum atomic E-state index is -0.163. The monoisotopic (exact) mass is 411 g/mol. The summed E-state index contributed by atoms with van der Waals surface area (Å²) in [6.07, 6.45) is 0. The van der Waals surface area contributed by atoms with Crippen molar-refractivity contribution in [3.63, 3.8) is 0 Å². The van der Waals surface area contributed by atoms with E-state index in [1.807, 2.05) is 56.3 Å². The maximum absolute atomic E-state index is 12.3. The van der Waals surface area contributed by atoms with Crippen LogP contribution in [0.2, 0.25) is 0 Å². The standard InChI is InChI=1S/C21H21N3O4S/c1-13-5-3-4-6-16(13)20-23-24-21(28-20)29-12-19(25)22-14(2)15-7-8-17-18(11-15)27-10-9-26-17/h3-8,11,14H,9-10,12H2,1-2H3,(H,22,25)/t14-/m0/s1. The number of thioether (sulfide) groups is 1. The fourth-order valence-electron chi connectivity index (χ4n) is 3.01. The number of aromatic nitrogens is 2. The first kappa shape index (κ1) is 19.3. The lowest BCUT2D eigenvalue weighted by Gasteiger charge is -2.21. The van der Waals surface area contributed by atoms with Crippen molar-refractivity contribution in [3.8, 4) is 23.0 Å². The molecule has 1 aliphatic rings. The van der Waals surface area contributed by atoms with Crippen molar-refractivity contribution in [2.24, 2.45) is 0 Å². The molecule has 0 bridgehead atoms. The molecule has 0 fully saturated rings. The van der Waals surface area contributed by atoms with Crippen LogP contribution in [-0.2, 0) is 4.79 Å². The van der Waals surface area contributed by atoms with Gasteiger partial charge in [0.25, 0.3) is 5.22 Å². The third-order valence-corrected chi connectivity index (χ3v) is 5.37. The molecule has 0 aliphatic carbocycles. The van der Waals surface area contributed by atoms with Crippen molar-refractivity contribution in [2.75, 3.05) is 19.0 Å². The van der Waals surface area contributed by atoms with Crippen LogP contribution in [0.5, 0.6) is 11.5 Å². The number of nitrogens with zero attached hydrogens (tertiary/aromatic N) is 2. The number of hydrogen-bond acceptors (Lipinski definition) is 7. The van der Waals surface area contributed by atoms with Gasteiger partial charge >= 0.3 is 0 Å². The van der Waals surface area contributed by atoms with Gasteiger partial charge in [0, 0.05) is 5.56 Å². The zero-order valence-electron chi connectivity index (χ0n) is 16.2. The Labute approximate surface area is 172 Å². The van der Waals surface area contributed by atoms with Crippen LogP contribution < -0.4 is 14.8 Å². The van der Waals surface area contributed by atoms with Crippen LogP contribution in [0.1, 0.15) is 24.1 Å². The molecule has 4 rings (SSSR count). The molecule has 0 radical (unpaired) electrons. The van der Waals surface area contributed by atoms with Crippen LogP contribution in [0.3, 0.4) is 0 Å². The normalized spacial score (nSPS) is 13.7. The Bertz CT molecular complexity index is 1020. The van der Waals surface area contributed by atoms with E-state index in [-0.39, 0.29) is 17.7 Å². The number of carbonyl (C=O) groups is 1. The minimum Gasteiger partial charge on any atom is -0.486 e. The highest BCUT2D eigenvalue weighted by atomic mass is 32.2. The minimum absolute atomic E-state index is 0.118. The van der Waals surface area contributed by atoms with Crippen molar-refractivity contribution < 1.29 is 18.7 Å². The van der Waals surface area contributed by atoms with Gasteiger partial charge in [-0.15, -0.1) is 10.2 Å². The molecule has 2 heterocycles. The van der Waals surface area contributed by atoms with Gasteiger partial charge in [-0.25, -0.2) is 0 Å². The van der Waals surface area contributed by atoms with Gasteiger partial charge in [0.15, 0.2) is 11.5 Å². The molecule has 0 spiro atoms. The summed E-state index contributed by atoms with van der Waals surface area (Å²) < 4.78 is 16.8. The molecule has 29 heavy (non-hydrogen) atoms. The highest BCUT2D eigenvalue weighted by Gasteiger charge is 2.17. The van der Waals surface area contributed by atoms with E-state index >= 15 is 0 Å². The Morgan fingerprint density at radius 1 is 1.14 bits per heavy atom. The Morgan fingerprint density at radius 2 is 1.93 bits per heavy atom. The third-order valence-electron chi connectivity index (χ3n) is 4.55. The van der Waals surface area contributed by atoms with Crippen molar-refractivity contribution in [1.82, 2.24) is 15.5 Å². The molecule has 150 valence electrons. The number of ether oxygens (including phenoxy) is 2. The predicted molar refractivity (Wildman–Crippen MR) is 109 cm³/mol. The molecule has 0 unspecified atom stereocenters. The SMILES string of the molecule is Cc1ccccc1-c1nnc(SCC(=O)N[C@@H](C)c2ccc3c(c2)OCCO3)o1. The largest absolute Gasteiger partial charge is 0.486 e. The summed E-state index contributed by atoms with van der Waals surface area (Å²) in [5.74, 6) is 1.96. The molecular weight excluding hydrogens is 390 g/mol. The summed E-state index contributed by atoms with van der Waals surface area (Å²) in [5.41, 5.74) is 2.90. The Hall–Kier alpha value is -3.00. The molecule has 1 N–H and O–H groups in total. The van der Waals surface area contributed by atoms with Crippen LogP contribution in [0, 0.1) is 6.92 Å². The summed E-state index contributed by atoms with van der Waals surface area (Å²) in [5, 5.41) is 11.4. The maximum atomic E-state index is 12.3. The fraction of sp³-hybridized carbons (Fsp3) is 0.286. The molecule has 2 aromatic carbocycles. The first-order chi connectivity index (χ1) is 14.1. The van der Waals surface area contributed by atoms with Gasteiger partial charge in [0.2, 0.25) is 11.8 Å². The quantitative estimate of drug-likeness (QED) is 0.618. The number of amides is 1. The number of fused-ring (bicyclic) bond motifs is 1. The second kappa shape index (κ2) is 8.57. The average molecular weight is 411 g/mol. The lowest BCUT2D eigenvalue weighted by atomic mass is 10.1. The first-order valence-corrected chi connectivity index (χ1v) is 10.3. The van der Waals surface area contributed by atoms with E-state index in [9.17, 15) is 4.79 Å². The second-order valence-electron chi connectivity index (χ2n) is 6.67. The van der Waals surface area contributed by atoms with Gasteiger partial charge in [0.05, 0.1) is 11.8 Å². The number of benzene rings is 2. The van der Waals surface area contributed by atoms with Gasteiger partial charge in [-0.1, -0.05) is 36.0 Å². The van der Waals surface area contributed by atoms with E-state index in [0.717, 1.165) is 22.4 Å². The van der Waals surface area contributed by atoms with E-state index in [1.54, 1.807) is 0 Å². The predicted octanol–water partition coefficient (Wildman–Crippen LogP) is 3.79. The molecule has 1 aromatic heterocycles. The van der Waals surface area contributed by atoms with E-state index in [0.29, 0.717) is 30.1 Å². The van der Waals surface area contributed by atoms with E-state index in [1.165, 1.54) is 11.8 Å². The molecule has 1 aliphatic heterocycles. The summed E-state index contributed by atoms with van der Waals surface area (Å²) in [6, 6.07) is 13.3. The highest BCUT2D eigenvalue weighted by Crippen LogP contribution is 2.32. The molecule has 8 heteroatoms. The van der Waals surface area contributed by atoms with Gasteiger partial charge < -0.3 is 19.2 Å². The van der Waals surface area contributed by atoms with E-state index < -0.39 is 0 Å². The lowest BCUT2D eigenvalue weighted by molar-refractivity contribution is -0.119. The van der Waals surface area contributed by atoms with Crippen LogP contribution >= 0.6 is 11.8 Å². The average Bonchev–Trinajstić information content (AvgIpc) is 3.21. The van der Waals surface area contributed by atoms with Crippen molar-refractivity contribution >= 4 is 17.7 Å². The van der Waals surface area contributed by atoms with Crippen LogP contribution in [0.15, 0.2) is 52.1 Å². The molecule has 0 saturated heterocycles. The third kappa shape index (κ3) is 4.54. The van der Waals surface area contributed by atoms with Gasteiger partial charge in [0.1, 0.15) is 13.2 Å².